The molecule has 1 heterocycles. The van der Waals surface area contributed by atoms with Crippen LogP contribution in [0.15, 0.2) is 0 Å². The minimum atomic E-state index is 0.394. The van der Waals surface area contributed by atoms with E-state index >= 15 is 0 Å². The van der Waals surface area contributed by atoms with Crippen LogP contribution in [-0.4, -0.2) is 36.6 Å². The standard InChI is InChI=1S/C16H32N2/c1-12(2)8-14-11-18(10-13-6-7-13)15(9-17-14)16(3,4)5/h12-15,17H,6-11H2,1-5H3. The molecular weight excluding hydrogens is 220 g/mol. The van der Waals surface area contributed by atoms with E-state index in [1.807, 2.05) is 0 Å². The fourth-order valence-corrected chi connectivity index (χ4v) is 3.30. The Kier molecular flexibility index (Phi) is 4.38. The Morgan fingerprint density at radius 3 is 2.39 bits per heavy atom. The van der Waals surface area contributed by atoms with Crippen LogP contribution in [-0.2, 0) is 0 Å². The van der Waals surface area contributed by atoms with Gasteiger partial charge in [0.15, 0.2) is 0 Å². The molecule has 0 spiro atoms. The van der Waals surface area contributed by atoms with Crippen molar-refractivity contribution in [3.8, 4) is 0 Å². The fraction of sp³-hybridized carbons (Fsp3) is 1.00. The number of rotatable bonds is 4. The molecule has 2 rings (SSSR count). The van der Waals surface area contributed by atoms with Crippen molar-refractivity contribution >= 4 is 0 Å². The van der Waals surface area contributed by atoms with Crippen LogP contribution in [0.4, 0.5) is 0 Å². The molecule has 1 N–H and O–H groups in total. The summed E-state index contributed by atoms with van der Waals surface area (Å²) in [5, 5.41) is 3.79. The van der Waals surface area contributed by atoms with Gasteiger partial charge in [0.1, 0.15) is 0 Å². The van der Waals surface area contributed by atoms with Gasteiger partial charge in [0.05, 0.1) is 0 Å². The lowest BCUT2D eigenvalue weighted by atomic mass is 9.83. The highest BCUT2D eigenvalue weighted by Gasteiger charge is 2.37. The molecule has 2 unspecified atom stereocenters. The summed E-state index contributed by atoms with van der Waals surface area (Å²) >= 11 is 0. The van der Waals surface area contributed by atoms with E-state index in [-0.39, 0.29) is 0 Å². The summed E-state index contributed by atoms with van der Waals surface area (Å²) in [4.78, 5) is 2.79. The van der Waals surface area contributed by atoms with Gasteiger partial charge in [-0.25, -0.2) is 0 Å². The highest BCUT2D eigenvalue weighted by molar-refractivity contribution is 4.94. The molecule has 2 nitrogen and oxygen atoms in total. The molecule has 0 aromatic heterocycles. The van der Waals surface area contributed by atoms with Crippen molar-refractivity contribution in [2.24, 2.45) is 17.3 Å². The predicted molar refractivity (Wildman–Crippen MR) is 78.8 cm³/mol. The van der Waals surface area contributed by atoms with Crippen molar-refractivity contribution in [1.82, 2.24) is 10.2 Å². The number of nitrogens with zero attached hydrogens (tertiary/aromatic N) is 1. The first-order valence-corrected chi connectivity index (χ1v) is 7.83. The van der Waals surface area contributed by atoms with Crippen LogP contribution in [0.3, 0.4) is 0 Å². The summed E-state index contributed by atoms with van der Waals surface area (Å²) in [6.07, 6.45) is 4.25. The average molecular weight is 252 g/mol. The van der Waals surface area contributed by atoms with Crippen LogP contribution in [0.5, 0.6) is 0 Å². The van der Waals surface area contributed by atoms with Crippen molar-refractivity contribution < 1.29 is 0 Å². The first-order valence-electron chi connectivity index (χ1n) is 7.83. The van der Waals surface area contributed by atoms with Crippen molar-refractivity contribution in [2.45, 2.75) is 66.0 Å². The first kappa shape index (κ1) is 14.3. The molecule has 0 aromatic rings. The molecule has 2 fully saturated rings. The van der Waals surface area contributed by atoms with Crippen molar-refractivity contribution in [3.63, 3.8) is 0 Å². The van der Waals surface area contributed by atoms with Crippen LogP contribution < -0.4 is 5.32 Å². The summed E-state index contributed by atoms with van der Waals surface area (Å²) in [7, 11) is 0. The lowest BCUT2D eigenvalue weighted by Gasteiger charge is -2.47. The molecule has 1 saturated carbocycles. The van der Waals surface area contributed by atoms with Gasteiger partial charge >= 0.3 is 0 Å². The van der Waals surface area contributed by atoms with E-state index in [1.165, 1.54) is 38.9 Å². The monoisotopic (exact) mass is 252 g/mol. The van der Waals surface area contributed by atoms with E-state index in [1.54, 1.807) is 0 Å². The third-order valence-corrected chi connectivity index (χ3v) is 4.44. The predicted octanol–water partition coefficient (Wildman–Crippen LogP) is 3.13. The Labute approximate surface area is 114 Å². The summed E-state index contributed by atoms with van der Waals surface area (Å²) in [5.74, 6) is 1.81. The topological polar surface area (TPSA) is 15.3 Å². The third-order valence-electron chi connectivity index (χ3n) is 4.44. The maximum atomic E-state index is 3.79. The number of hydrogen-bond donors (Lipinski definition) is 1. The minimum absolute atomic E-state index is 0.394. The highest BCUT2D eigenvalue weighted by atomic mass is 15.2. The Hall–Kier alpha value is -0.0800. The maximum Gasteiger partial charge on any atom is 0.0269 e. The average Bonchev–Trinajstić information content (AvgIpc) is 2.98. The molecule has 0 bridgehead atoms. The van der Waals surface area contributed by atoms with Crippen molar-refractivity contribution in [1.29, 1.82) is 0 Å². The summed E-state index contributed by atoms with van der Waals surface area (Å²) in [6.45, 7) is 15.6. The molecule has 18 heavy (non-hydrogen) atoms. The van der Waals surface area contributed by atoms with Gasteiger partial charge < -0.3 is 5.32 Å². The zero-order chi connectivity index (χ0) is 13.3. The summed E-state index contributed by atoms with van der Waals surface area (Å²) in [6, 6.07) is 1.42. The van der Waals surface area contributed by atoms with Gasteiger partial charge in [-0.05, 0) is 36.5 Å². The largest absolute Gasteiger partial charge is 0.311 e. The molecule has 2 aliphatic rings. The molecule has 1 saturated heterocycles. The molecular formula is C16H32N2. The highest BCUT2D eigenvalue weighted by Crippen LogP contribution is 2.34. The second-order valence-corrected chi connectivity index (χ2v) is 8.01. The smallest absolute Gasteiger partial charge is 0.0269 e. The maximum absolute atomic E-state index is 3.79. The van der Waals surface area contributed by atoms with E-state index in [9.17, 15) is 0 Å². The van der Waals surface area contributed by atoms with Gasteiger partial charge in [-0.2, -0.15) is 0 Å². The molecule has 2 heteroatoms. The molecule has 1 aliphatic heterocycles. The summed E-state index contributed by atoms with van der Waals surface area (Å²) < 4.78 is 0. The quantitative estimate of drug-likeness (QED) is 0.827. The lowest BCUT2D eigenvalue weighted by molar-refractivity contribution is 0.0478. The fourth-order valence-electron chi connectivity index (χ4n) is 3.30. The zero-order valence-corrected chi connectivity index (χ0v) is 13.0. The van der Waals surface area contributed by atoms with Crippen molar-refractivity contribution in [2.75, 3.05) is 19.6 Å². The van der Waals surface area contributed by atoms with Gasteiger partial charge in [-0.15, -0.1) is 0 Å². The van der Waals surface area contributed by atoms with E-state index in [0.29, 0.717) is 17.5 Å². The number of nitrogens with one attached hydrogen (secondary N) is 1. The Morgan fingerprint density at radius 2 is 1.89 bits per heavy atom. The van der Waals surface area contributed by atoms with Crippen molar-refractivity contribution in [3.05, 3.63) is 0 Å². The SMILES string of the molecule is CC(C)CC1CN(CC2CC2)C(C(C)(C)C)CN1. The molecule has 0 radical (unpaired) electrons. The van der Waals surface area contributed by atoms with E-state index in [4.69, 9.17) is 0 Å². The van der Waals surface area contributed by atoms with Crippen LogP contribution in [0.25, 0.3) is 0 Å². The molecule has 106 valence electrons. The zero-order valence-electron chi connectivity index (χ0n) is 13.0. The van der Waals surface area contributed by atoms with Gasteiger partial charge in [-0.3, -0.25) is 4.90 Å². The van der Waals surface area contributed by atoms with E-state index < -0.39 is 0 Å². The second-order valence-electron chi connectivity index (χ2n) is 8.01. The van der Waals surface area contributed by atoms with Gasteiger partial charge in [0.2, 0.25) is 0 Å². The van der Waals surface area contributed by atoms with Gasteiger partial charge in [0, 0.05) is 31.7 Å². The third kappa shape index (κ3) is 3.96. The van der Waals surface area contributed by atoms with E-state index in [0.717, 1.165) is 11.8 Å². The molecule has 2 atom stereocenters. The molecule has 0 amide bonds. The van der Waals surface area contributed by atoms with Crippen LogP contribution in [0.1, 0.15) is 53.9 Å². The normalized spacial score (nSPS) is 31.0. The number of piperazine rings is 1. The van der Waals surface area contributed by atoms with Gasteiger partial charge in [0.25, 0.3) is 0 Å². The summed E-state index contributed by atoms with van der Waals surface area (Å²) in [5.41, 5.74) is 0.394. The second kappa shape index (κ2) is 5.50. The van der Waals surface area contributed by atoms with Gasteiger partial charge in [-0.1, -0.05) is 34.6 Å². The van der Waals surface area contributed by atoms with Crippen LogP contribution >= 0.6 is 0 Å². The van der Waals surface area contributed by atoms with E-state index in [2.05, 4.69) is 44.8 Å². The Morgan fingerprint density at radius 1 is 1.22 bits per heavy atom. The molecule has 0 aromatic carbocycles. The van der Waals surface area contributed by atoms with Crippen LogP contribution in [0, 0.1) is 17.3 Å². The Bertz CT molecular complexity index is 263. The first-order chi connectivity index (χ1) is 8.36. The Balaban J connectivity index is 1.95. The lowest BCUT2D eigenvalue weighted by Crippen LogP contribution is -2.61. The number of hydrogen-bond acceptors (Lipinski definition) is 2. The van der Waals surface area contributed by atoms with Crippen LogP contribution in [0.2, 0.25) is 0 Å². The minimum Gasteiger partial charge on any atom is -0.311 e. The molecule has 1 aliphatic carbocycles.